The van der Waals surface area contributed by atoms with Crippen molar-refractivity contribution >= 4 is 5.91 Å². The highest BCUT2D eigenvalue weighted by atomic mass is 16.5. The maximum atomic E-state index is 13.3. The zero-order valence-electron chi connectivity index (χ0n) is 16.5. The average Bonchev–Trinajstić information content (AvgIpc) is 3.37. The predicted molar refractivity (Wildman–Crippen MR) is 106 cm³/mol. The van der Waals surface area contributed by atoms with E-state index in [1.165, 1.54) is 57.2 Å². The summed E-state index contributed by atoms with van der Waals surface area (Å²) in [6.45, 7) is 3.30. The van der Waals surface area contributed by atoms with Crippen LogP contribution in [-0.2, 0) is 4.79 Å². The molecule has 1 aromatic rings. The number of ether oxygens (including phenoxy) is 1. The number of hydrogen-bond donors (Lipinski definition) is 0. The third-order valence-electron chi connectivity index (χ3n) is 7.77. The van der Waals surface area contributed by atoms with Crippen LogP contribution >= 0.6 is 0 Å². The summed E-state index contributed by atoms with van der Waals surface area (Å²) in [6.07, 6.45) is 8.43. The third-order valence-corrected chi connectivity index (χ3v) is 7.77. The van der Waals surface area contributed by atoms with Crippen molar-refractivity contribution < 1.29 is 9.53 Å². The number of fused-ring (bicyclic) bond motifs is 2. The molecule has 1 aliphatic carbocycles. The molecule has 2 bridgehead atoms. The van der Waals surface area contributed by atoms with Gasteiger partial charge < -0.3 is 9.64 Å². The molecule has 4 aliphatic heterocycles. The topological polar surface area (TPSA) is 32.8 Å². The van der Waals surface area contributed by atoms with Gasteiger partial charge in [0.2, 0.25) is 5.91 Å². The minimum absolute atomic E-state index is 0.417. The molecular weight excluding hydrogens is 336 g/mol. The van der Waals surface area contributed by atoms with E-state index >= 15 is 0 Å². The first-order valence-electron chi connectivity index (χ1n) is 10.9. The minimum atomic E-state index is 0.417. The Balaban J connectivity index is 1.43. The highest BCUT2D eigenvalue weighted by Gasteiger charge is 2.54. The Hall–Kier alpha value is -1.55. The van der Waals surface area contributed by atoms with Crippen LogP contribution in [0.3, 0.4) is 0 Å². The van der Waals surface area contributed by atoms with Gasteiger partial charge in [0.1, 0.15) is 5.75 Å². The van der Waals surface area contributed by atoms with E-state index in [2.05, 4.69) is 28.0 Å². The number of carbonyl (C=O) groups is 1. The van der Waals surface area contributed by atoms with Crippen LogP contribution in [0.1, 0.15) is 56.4 Å². The van der Waals surface area contributed by atoms with E-state index in [1.807, 2.05) is 6.07 Å². The molecule has 1 saturated carbocycles. The molecule has 0 radical (unpaired) electrons. The largest absolute Gasteiger partial charge is 0.497 e. The lowest BCUT2D eigenvalue weighted by atomic mass is 9.75. The van der Waals surface area contributed by atoms with Gasteiger partial charge in [-0.25, -0.2) is 0 Å². The quantitative estimate of drug-likeness (QED) is 0.813. The van der Waals surface area contributed by atoms with E-state index in [1.54, 1.807) is 7.11 Å². The lowest BCUT2D eigenvalue weighted by molar-refractivity contribution is -0.137. The molecular formula is C23H32N2O2. The molecule has 1 aromatic carbocycles. The van der Waals surface area contributed by atoms with Crippen LogP contribution in [0.25, 0.3) is 0 Å². The number of likely N-dealkylation sites (tertiary alicyclic amines) is 1. The fourth-order valence-electron chi connectivity index (χ4n) is 6.45. The van der Waals surface area contributed by atoms with Crippen molar-refractivity contribution in [3.05, 3.63) is 29.8 Å². The first-order chi connectivity index (χ1) is 13.2. The first-order valence-corrected chi connectivity index (χ1v) is 10.9. The Morgan fingerprint density at radius 3 is 2.63 bits per heavy atom. The van der Waals surface area contributed by atoms with Crippen molar-refractivity contribution in [2.24, 2.45) is 11.8 Å². The lowest BCUT2D eigenvalue weighted by Crippen LogP contribution is -2.60. The summed E-state index contributed by atoms with van der Waals surface area (Å²) in [6, 6.07) is 9.47. The Morgan fingerprint density at radius 2 is 1.89 bits per heavy atom. The smallest absolute Gasteiger partial charge is 0.223 e. The van der Waals surface area contributed by atoms with Gasteiger partial charge in [-0.15, -0.1) is 0 Å². The molecule has 146 valence electrons. The predicted octanol–water partition coefficient (Wildman–Crippen LogP) is 3.66. The Morgan fingerprint density at radius 1 is 1.11 bits per heavy atom. The van der Waals surface area contributed by atoms with Crippen molar-refractivity contribution in [1.29, 1.82) is 0 Å². The molecule has 3 atom stereocenters. The molecule has 4 saturated heterocycles. The summed E-state index contributed by atoms with van der Waals surface area (Å²) in [7, 11) is 1.74. The summed E-state index contributed by atoms with van der Waals surface area (Å²) >= 11 is 0. The molecule has 4 nitrogen and oxygen atoms in total. The Labute approximate surface area is 162 Å². The van der Waals surface area contributed by atoms with Gasteiger partial charge in [-0.05, 0) is 68.3 Å². The molecule has 1 amide bonds. The van der Waals surface area contributed by atoms with Crippen molar-refractivity contribution in [3.8, 4) is 5.75 Å². The van der Waals surface area contributed by atoms with Crippen molar-refractivity contribution in [2.45, 2.75) is 62.9 Å². The van der Waals surface area contributed by atoms with E-state index in [-0.39, 0.29) is 0 Å². The van der Waals surface area contributed by atoms with Crippen LogP contribution in [0, 0.1) is 11.8 Å². The summed E-state index contributed by atoms with van der Waals surface area (Å²) in [5.41, 5.74) is 1.34. The number of carbonyl (C=O) groups excluding carboxylic acids is 1. The van der Waals surface area contributed by atoms with E-state index in [4.69, 9.17) is 4.74 Å². The summed E-state index contributed by atoms with van der Waals surface area (Å²) < 4.78 is 5.48. The number of methoxy groups -OCH3 is 1. The summed E-state index contributed by atoms with van der Waals surface area (Å²) in [4.78, 5) is 18.3. The zero-order valence-corrected chi connectivity index (χ0v) is 16.5. The van der Waals surface area contributed by atoms with Gasteiger partial charge in [-0.1, -0.05) is 25.0 Å². The molecule has 0 N–H and O–H groups in total. The maximum absolute atomic E-state index is 13.3. The normalized spacial score (nSPS) is 35.4. The maximum Gasteiger partial charge on any atom is 0.223 e. The fourth-order valence-corrected chi connectivity index (χ4v) is 6.45. The zero-order chi connectivity index (χ0) is 18.4. The van der Waals surface area contributed by atoms with Crippen LogP contribution in [0.4, 0.5) is 0 Å². The first kappa shape index (κ1) is 17.5. The van der Waals surface area contributed by atoms with Crippen LogP contribution in [0.2, 0.25) is 0 Å². The molecule has 5 aliphatic rings. The number of piperidine rings is 3. The number of hydrogen-bond acceptors (Lipinski definition) is 3. The number of amides is 1. The molecule has 6 rings (SSSR count). The van der Waals surface area contributed by atoms with E-state index in [0.717, 1.165) is 18.7 Å². The molecule has 0 aromatic heterocycles. The number of rotatable bonds is 4. The second-order valence-electron chi connectivity index (χ2n) is 9.14. The van der Waals surface area contributed by atoms with Crippen LogP contribution in [0.5, 0.6) is 5.75 Å². The molecule has 4 heteroatoms. The highest BCUT2D eigenvalue weighted by Crippen LogP contribution is 2.47. The second-order valence-corrected chi connectivity index (χ2v) is 9.14. The summed E-state index contributed by atoms with van der Waals surface area (Å²) in [5.74, 6) is 3.10. The SMILES string of the molecule is COc1cccc([C@H]2CN(C(=O)CC3CCCC3)[C@@H]3C4CCN(CC4)[C@H]23)c1. The standard InChI is InChI=1S/C23H32N2O2/c1-27-19-8-4-7-18(14-19)20-15-25(21(26)13-16-5-2-3-6-16)22-17-9-11-24(12-10-17)23(20)22/h4,7-8,14,16-17,20,22-23H,2-3,5-6,9-13,15H2,1H3/t20-,22-,23-/m1/s1. The molecule has 0 unspecified atom stereocenters. The van der Waals surface area contributed by atoms with E-state index in [9.17, 15) is 4.79 Å². The van der Waals surface area contributed by atoms with Crippen LogP contribution in [-0.4, -0.2) is 54.5 Å². The minimum Gasteiger partial charge on any atom is -0.497 e. The van der Waals surface area contributed by atoms with Crippen LogP contribution < -0.4 is 4.74 Å². The summed E-state index contributed by atoms with van der Waals surface area (Å²) in [5, 5.41) is 0. The molecule has 5 fully saturated rings. The van der Waals surface area contributed by atoms with Gasteiger partial charge in [-0.3, -0.25) is 9.69 Å². The monoisotopic (exact) mass is 368 g/mol. The van der Waals surface area contributed by atoms with Crippen LogP contribution in [0.15, 0.2) is 24.3 Å². The van der Waals surface area contributed by atoms with Gasteiger partial charge in [0.05, 0.1) is 13.2 Å². The van der Waals surface area contributed by atoms with Gasteiger partial charge >= 0.3 is 0 Å². The fraction of sp³-hybridized carbons (Fsp3) is 0.696. The molecule has 4 heterocycles. The Bertz CT molecular complexity index is 691. The lowest BCUT2D eigenvalue weighted by Gasteiger charge is -2.51. The number of nitrogens with zero attached hydrogens (tertiary/aromatic N) is 2. The highest BCUT2D eigenvalue weighted by molar-refractivity contribution is 5.77. The van der Waals surface area contributed by atoms with Gasteiger partial charge in [0.25, 0.3) is 0 Å². The van der Waals surface area contributed by atoms with E-state index < -0.39 is 0 Å². The Kier molecular flexibility index (Phi) is 4.63. The van der Waals surface area contributed by atoms with Gasteiger partial charge in [-0.2, -0.15) is 0 Å². The van der Waals surface area contributed by atoms with Crippen molar-refractivity contribution in [2.75, 3.05) is 26.7 Å². The second kappa shape index (κ2) is 7.12. The van der Waals surface area contributed by atoms with E-state index in [0.29, 0.717) is 35.7 Å². The third kappa shape index (κ3) is 3.06. The van der Waals surface area contributed by atoms with Crippen molar-refractivity contribution in [3.63, 3.8) is 0 Å². The van der Waals surface area contributed by atoms with Crippen molar-refractivity contribution in [1.82, 2.24) is 9.80 Å². The number of benzene rings is 1. The van der Waals surface area contributed by atoms with Gasteiger partial charge in [0, 0.05) is 24.9 Å². The average molecular weight is 369 g/mol. The van der Waals surface area contributed by atoms with Gasteiger partial charge in [0.15, 0.2) is 0 Å². The molecule has 27 heavy (non-hydrogen) atoms. The molecule has 0 spiro atoms.